The summed E-state index contributed by atoms with van der Waals surface area (Å²) < 4.78 is 27.9. The molecule has 0 fully saturated rings. The highest BCUT2D eigenvalue weighted by Crippen LogP contribution is 2.43. The number of nitrogens with one attached hydrogen (secondary N) is 1. The maximum absolute atomic E-state index is 14.6. The Morgan fingerprint density at radius 2 is 1.51 bits per heavy atom. The van der Waals surface area contributed by atoms with E-state index in [-0.39, 0.29) is 25.5 Å². The predicted octanol–water partition coefficient (Wildman–Crippen LogP) is 7.83. The van der Waals surface area contributed by atoms with Crippen molar-refractivity contribution in [3.63, 3.8) is 0 Å². The summed E-state index contributed by atoms with van der Waals surface area (Å²) in [6.07, 6.45) is -0.0180. The Labute approximate surface area is 282 Å². The van der Waals surface area contributed by atoms with E-state index in [0.717, 1.165) is 26.7 Å². The van der Waals surface area contributed by atoms with E-state index in [4.69, 9.17) is 19.6 Å². The minimum Gasteiger partial charge on any atom is -0.494 e. The molecule has 2 atom stereocenters. The molecule has 0 aliphatic carbocycles. The lowest BCUT2D eigenvalue weighted by molar-refractivity contribution is -0.129. The molecule has 5 aromatic carbocycles. The van der Waals surface area contributed by atoms with Crippen molar-refractivity contribution in [2.45, 2.75) is 31.0 Å². The third-order valence-electron chi connectivity index (χ3n) is 8.13. The Balaban J connectivity index is 1.41. The van der Waals surface area contributed by atoms with E-state index in [0.29, 0.717) is 35.8 Å². The topological polar surface area (TPSA) is 80.2 Å². The molecule has 0 aromatic heterocycles. The highest BCUT2D eigenvalue weighted by atomic mass is 79.9. The van der Waals surface area contributed by atoms with Crippen LogP contribution in [0, 0.1) is 5.82 Å². The van der Waals surface area contributed by atoms with Gasteiger partial charge in [0.1, 0.15) is 11.6 Å². The molecule has 0 saturated carbocycles. The van der Waals surface area contributed by atoms with Crippen LogP contribution in [0.2, 0.25) is 0 Å². The van der Waals surface area contributed by atoms with Crippen LogP contribution in [0.1, 0.15) is 34.8 Å². The molecule has 0 unspecified atom stereocenters. The molecule has 1 heterocycles. The lowest BCUT2D eigenvalue weighted by Crippen LogP contribution is -2.49. The molecule has 2 N–H and O–H groups in total. The summed E-state index contributed by atoms with van der Waals surface area (Å²) in [5, 5.41) is 12.1. The van der Waals surface area contributed by atoms with Gasteiger partial charge in [0.15, 0.2) is 11.6 Å². The third-order valence-corrected chi connectivity index (χ3v) is 8.66. The van der Waals surface area contributed by atoms with Gasteiger partial charge in [0, 0.05) is 41.6 Å². The number of aliphatic imine (C=N–C) groups is 1. The zero-order valence-electron chi connectivity index (χ0n) is 25.6. The molecule has 1 aliphatic heterocycles. The van der Waals surface area contributed by atoms with Gasteiger partial charge in [0.2, 0.25) is 5.90 Å². The first-order valence-electron chi connectivity index (χ1n) is 15.5. The van der Waals surface area contributed by atoms with Crippen LogP contribution in [-0.4, -0.2) is 35.7 Å². The number of carbonyl (C=O) groups excluding carboxylic acids is 1. The van der Waals surface area contributed by atoms with Crippen molar-refractivity contribution in [1.29, 1.82) is 0 Å². The van der Waals surface area contributed by atoms with Gasteiger partial charge in [0.05, 0.1) is 6.61 Å². The maximum atomic E-state index is 14.6. The molecule has 0 bridgehead atoms. The van der Waals surface area contributed by atoms with Crippen LogP contribution in [0.3, 0.4) is 0 Å². The number of aliphatic hydroxyl groups is 1. The second kappa shape index (κ2) is 14.8. The van der Waals surface area contributed by atoms with Gasteiger partial charge in [0.25, 0.3) is 5.91 Å². The molecule has 1 aliphatic rings. The van der Waals surface area contributed by atoms with E-state index in [1.54, 1.807) is 18.2 Å². The van der Waals surface area contributed by atoms with Crippen molar-refractivity contribution in [2.24, 2.45) is 4.99 Å². The quantitative estimate of drug-likeness (QED) is 0.131. The summed E-state index contributed by atoms with van der Waals surface area (Å²) in [7, 11) is 0. The fraction of sp³-hybridized carbons (Fsp3) is 0.179. The van der Waals surface area contributed by atoms with Crippen molar-refractivity contribution >= 4 is 27.7 Å². The number of nitrogens with zero attached hydrogens (tertiary/aromatic N) is 1. The zero-order valence-corrected chi connectivity index (χ0v) is 27.2. The van der Waals surface area contributed by atoms with E-state index in [2.05, 4.69) is 21.2 Å². The van der Waals surface area contributed by atoms with Crippen LogP contribution in [0.25, 0.3) is 11.1 Å². The fourth-order valence-corrected chi connectivity index (χ4v) is 5.91. The number of aliphatic hydroxyl groups excluding tert-OH is 1. The van der Waals surface area contributed by atoms with Crippen LogP contribution >= 0.6 is 15.9 Å². The summed E-state index contributed by atoms with van der Waals surface area (Å²) in [6.45, 7) is 0.445. The number of benzene rings is 5. The minimum absolute atomic E-state index is 0.00200. The Morgan fingerprint density at radius 1 is 0.851 bits per heavy atom. The van der Waals surface area contributed by atoms with Crippen molar-refractivity contribution < 1.29 is 23.8 Å². The van der Waals surface area contributed by atoms with E-state index in [1.807, 2.05) is 103 Å². The molecule has 6 rings (SSSR count). The second-order valence-electron chi connectivity index (χ2n) is 11.4. The Kier molecular flexibility index (Phi) is 10.1. The van der Waals surface area contributed by atoms with Crippen LogP contribution in [-0.2, 0) is 22.5 Å². The van der Waals surface area contributed by atoms with Gasteiger partial charge in [-0.15, -0.1) is 0 Å². The average molecular weight is 694 g/mol. The highest BCUT2D eigenvalue weighted by Gasteiger charge is 2.53. The Morgan fingerprint density at radius 3 is 2.21 bits per heavy atom. The van der Waals surface area contributed by atoms with Gasteiger partial charge in [-0.2, -0.15) is 0 Å². The smallest absolute Gasteiger partial charge is 0.252 e. The number of ether oxygens (including phenoxy) is 2. The lowest BCUT2D eigenvalue weighted by Gasteiger charge is -2.31. The van der Waals surface area contributed by atoms with E-state index < -0.39 is 17.5 Å². The normalized spacial score (nSPS) is 17.1. The number of hydrogen-bond acceptors (Lipinski definition) is 5. The van der Waals surface area contributed by atoms with Crippen molar-refractivity contribution in [2.75, 3.05) is 13.2 Å². The van der Waals surface area contributed by atoms with E-state index in [1.165, 1.54) is 6.07 Å². The standard InChI is InChI=1S/C39H34BrFN2O4/c40-33-19-11-27(12-20-33)25-39(38(45)42-26-32-9-4-5-10-35(32)41)36(30-15-13-29(14-16-30)28-7-2-1-3-8-28)47-37(43-39)31-17-21-34(22-18-31)46-24-6-23-44/h1-5,7-22,36,44H,6,23-26H2,(H,42,45)/t36-,39-/m1/s1. The summed E-state index contributed by atoms with van der Waals surface area (Å²) in [4.78, 5) is 19.6. The average Bonchev–Trinajstić information content (AvgIpc) is 3.50. The van der Waals surface area contributed by atoms with Crippen LogP contribution in [0.5, 0.6) is 5.75 Å². The SMILES string of the molecule is O=C(NCc1ccccc1F)[C@]1(Cc2ccc(Br)cc2)N=C(c2ccc(OCCCO)cc2)O[C@@H]1c1ccc(-c2ccccc2)cc1. The monoisotopic (exact) mass is 692 g/mol. The van der Waals surface area contributed by atoms with Crippen molar-refractivity contribution in [1.82, 2.24) is 5.32 Å². The van der Waals surface area contributed by atoms with Crippen LogP contribution < -0.4 is 10.1 Å². The predicted molar refractivity (Wildman–Crippen MR) is 185 cm³/mol. The molecule has 0 saturated heterocycles. The van der Waals surface area contributed by atoms with Gasteiger partial charge >= 0.3 is 0 Å². The second-order valence-corrected chi connectivity index (χ2v) is 12.3. The molecule has 8 heteroatoms. The Hall–Kier alpha value is -4.79. The zero-order chi connectivity index (χ0) is 32.6. The first-order chi connectivity index (χ1) is 22.9. The first-order valence-corrected chi connectivity index (χ1v) is 16.3. The van der Waals surface area contributed by atoms with E-state index in [9.17, 15) is 9.18 Å². The maximum Gasteiger partial charge on any atom is 0.252 e. The van der Waals surface area contributed by atoms with Gasteiger partial charge in [-0.05, 0) is 64.7 Å². The minimum atomic E-state index is -1.42. The summed E-state index contributed by atoms with van der Waals surface area (Å²) in [6, 6.07) is 39.5. The highest BCUT2D eigenvalue weighted by molar-refractivity contribution is 9.10. The Bertz CT molecular complexity index is 1830. The van der Waals surface area contributed by atoms with Crippen LogP contribution in [0.15, 0.2) is 137 Å². The molecule has 5 aromatic rings. The van der Waals surface area contributed by atoms with E-state index >= 15 is 0 Å². The van der Waals surface area contributed by atoms with Crippen molar-refractivity contribution in [3.05, 3.63) is 160 Å². The summed E-state index contributed by atoms with van der Waals surface area (Å²) >= 11 is 3.51. The number of rotatable bonds is 12. The molecule has 0 spiro atoms. The fourth-order valence-electron chi connectivity index (χ4n) is 5.65. The number of amides is 1. The van der Waals surface area contributed by atoms with Crippen molar-refractivity contribution in [3.8, 4) is 16.9 Å². The molecule has 238 valence electrons. The molecule has 1 amide bonds. The molecular formula is C39H34BrFN2O4. The molecular weight excluding hydrogens is 659 g/mol. The molecule has 6 nitrogen and oxygen atoms in total. The van der Waals surface area contributed by atoms with Gasteiger partial charge < -0.3 is 19.9 Å². The third kappa shape index (κ3) is 7.45. The number of carbonyl (C=O) groups is 1. The van der Waals surface area contributed by atoms with Gasteiger partial charge in [-0.3, -0.25) is 4.79 Å². The first kappa shape index (κ1) is 32.2. The largest absolute Gasteiger partial charge is 0.494 e. The summed E-state index contributed by atoms with van der Waals surface area (Å²) in [5.74, 6) is 0.204. The molecule has 0 radical (unpaired) electrons. The van der Waals surface area contributed by atoms with Gasteiger partial charge in [-0.1, -0.05) is 101 Å². The van der Waals surface area contributed by atoms with Crippen LogP contribution in [0.4, 0.5) is 4.39 Å². The molecule has 47 heavy (non-hydrogen) atoms. The lowest BCUT2D eigenvalue weighted by atomic mass is 9.81. The number of halogens is 2. The summed E-state index contributed by atoms with van der Waals surface area (Å²) in [5.41, 5.74) is 3.43. The van der Waals surface area contributed by atoms with Gasteiger partial charge in [-0.25, -0.2) is 9.38 Å². The number of hydrogen-bond donors (Lipinski definition) is 2.